The summed E-state index contributed by atoms with van der Waals surface area (Å²) < 4.78 is 16.6. The Hall–Kier alpha value is -8.15. The monoisotopic (exact) mass is 879 g/mol. The summed E-state index contributed by atoms with van der Waals surface area (Å²) in [5.41, 5.74) is 3.26. The normalized spacial score (nSPS) is 20.6. The van der Waals surface area contributed by atoms with Gasteiger partial charge in [0.25, 0.3) is 11.8 Å². The Morgan fingerprint density at radius 1 is 0.569 bits per heavy atom. The van der Waals surface area contributed by atoms with Gasteiger partial charge in [0.2, 0.25) is 41.7 Å². The number of nitrogens with zero attached hydrogens (tertiary/aromatic N) is 5. The zero-order valence-electron chi connectivity index (χ0n) is 34.7. The molecule has 0 saturated carbocycles. The van der Waals surface area contributed by atoms with Crippen molar-refractivity contribution in [3.63, 3.8) is 0 Å². The lowest BCUT2D eigenvalue weighted by molar-refractivity contribution is -0.140. The van der Waals surface area contributed by atoms with Crippen molar-refractivity contribution >= 4 is 59.0 Å². The molecule has 2 unspecified atom stereocenters. The van der Waals surface area contributed by atoms with E-state index in [0.717, 1.165) is 9.80 Å². The number of oxazole rings is 1. The first-order valence-electron chi connectivity index (χ1n) is 21.0. The second-order valence-electron chi connectivity index (χ2n) is 15.9. The predicted molar refractivity (Wildman–Crippen MR) is 229 cm³/mol. The summed E-state index contributed by atoms with van der Waals surface area (Å²) in [4.78, 5) is 113. The molecule has 0 radical (unpaired) electrons. The number of carbonyl (C=O) groups is 8. The minimum Gasteiger partial charge on any atom is -0.436 e. The SMILES string of the molecule is O=C(Nc1ccc(-c2cnc(-c3ccc(NC(=O)[C@@H]4CCCN4C(=O)CN4C(=O)OC(c5ccccc5)C4=O)cc3)o2)cc1)[C@@H]1CCCN1C(=O)CN1C(=O)OC(c2ccccc2)C1=O. The number of likely N-dealkylation sites (tertiary alicyclic amines) is 2. The van der Waals surface area contributed by atoms with Crippen molar-refractivity contribution < 1.29 is 52.2 Å². The van der Waals surface area contributed by atoms with E-state index in [2.05, 4.69) is 15.6 Å². The quantitative estimate of drug-likeness (QED) is 0.163. The highest BCUT2D eigenvalue weighted by atomic mass is 16.6. The number of ether oxygens (including phenoxy) is 2. The molecule has 4 aliphatic rings. The molecule has 65 heavy (non-hydrogen) atoms. The fraction of sp³-hybridized carbons (Fsp3) is 0.255. The first kappa shape index (κ1) is 42.2. The Labute approximate surface area is 371 Å². The van der Waals surface area contributed by atoms with Gasteiger partial charge in [-0.3, -0.25) is 28.8 Å². The van der Waals surface area contributed by atoms with Crippen LogP contribution in [0, 0.1) is 0 Å². The lowest BCUT2D eigenvalue weighted by Crippen LogP contribution is -2.48. The van der Waals surface area contributed by atoms with Crippen molar-refractivity contribution in [2.24, 2.45) is 0 Å². The molecule has 4 atom stereocenters. The van der Waals surface area contributed by atoms with Gasteiger partial charge in [-0.05, 0) is 74.2 Å². The van der Waals surface area contributed by atoms with Gasteiger partial charge in [-0.25, -0.2) is 24.4 Å². The Bertz CT molecular complexity index is 2490. The molecule has 8 amide bonds. The Morgan fingerprint density at radius 3 is 1.45 bits per heavy atom. The standard InChI is InChI=1S/C47H41N7O11/c55-37(26-53-44(59)39(64-46(53)61)29-9-3-1-4-10-29)51-23-7-13-34(51)41(57)49-32-19-15-28(16-20-32)36-25-48-43(63-36)31-17-21-33(22-18-31)50-42(58)35-14-8-24-52(35)38(56)27-54-45(60)40(65-47(54)62)30-11-5-2-6-12-30/h1-6,9-12,15-22,25,34-35,39-40H,7-8,13-14,23-24,26-27H2,(H,49,57)(H,50,58)/t34-,35-,39?,40?/m0/s1. The van der Waals surface area contributed by atoms with E-state index in [4.69, 9.17) is 13.9 Å². The van der Waals surface area contributed by atoms with Crippen molar-refractivity contribution in [2.75, 3.05) is 36.8 Å². The molecule has 4 saturated heterocycles. The zero-order chi connectivity index (χ0) is 45.2. The fourth-order valence-corrected chi connectivity index (χ4v) is 8.39. The molecule has 1 aromatic heterocycles. The van der Waals surface area contributed by atoms with Crippen LogP contribution in [0.2, 0.25) is 0 Å². The molecule has 2 N–H and O–H groups in total. The number of amides is 8. The van der Waals surface area contributed by atoms with Crippen molar-refractivity contribution in [3.8, 4) is 22.8 Å². The van der Waals surface area contributed by atoms with Gasteiger partial charge >= 0.3 is 12.2 Å². The summed E-state index contributed by atoms with van der Waals surface area (Å²) >= 11 is 0. The highest BCUT2D eigenvalue weighted by molar-refractivity contribution is 6.05. The molecule has 0 aliphatic carbocycles. The number of rotatable bonds is 12. The summed E-state index contributed by atoms with van der Waals surface area (Å²) in [6.45, 7) is -0.483. The number of nitrogens with one attached hydrogen (secondary N) is 2. The van der Waals surface area contributed by atoms with Gasteiger partial charge in [-0.15, -0.1) is 0 Å². The van der Waals surface area contributed by atoms with Crippen LogP contribution in [0.15, 0.2) is 120 Å². The minimum atomic E-state index is -1.13. The fourth-order valence-electron chi connectivity index (χ4n) is 8.39. The number of carbonyl (C=O) groups excluding carboxylic acids is 8. The molecular formula is C47H41N7O11. The maximum absolute atomic E-state index is 13.4. The predicted octanol–water partition coefficient (Wildman–Crippen LogP) is 5.31. The number of benzene rings is 4. The Morgan fingerprint density at radius 2 is 1.00 bits per heavy atom. The molecule has 4 aliphatic heterocycles. The third kappa shape index (κ3) is 8.65. The van der Waals surface area contributed by atoms with E-state index in [0.29, 0.717) is 84.1 Å². The number of imide groups is 2. The van der Waals surface area contributed by atoms with Gasteiger partial charge < -0.3 is 34.3 Å². The number of hydrogen-bond donors (Lipinski definition) is 2. The molecule has 0 bridgehead atoms. The summed E-state index contributed by atoms with van der Waals surface area (Å²) in [6.07, 6.45) is -0.559. The van der Waals surface area contributed by atoms with Crippen LogP contribution < -0.4 is 10.6 Å². The second kappa shape index (κ2) is 17.9. The van der Waals surface area contributed by atoms with Gasteiger partial charge in [0.15, 0.2) is 5.76 Å². The van der Waals surface area contributed by atoms with Crippen LogP contribution in [0.3, 0.4) is 0 Å². The zero-order valence-corrected chi connectivity index (χ0v) is 34.7. The average molecular weight is 880 g/mol. The van der Waals surface area contributed by atoms with Crippen LogP contribution in [-0.2, 0) is 38.2 Å². The highest BCUT2D eigenvalue weighted by Crippen LogP contribution is 2.32. The maximum atomic E-state index is 13.4. The van der Waals surface area contributed by atoms with E-state index in [9.17, 15) is 38.4 Å². The van der Waals surface area contributed by atoms with Crippen LogP contribution in [0.4, 0.5) is 21.0 Å². The Balaban J connectivity index is 0.763. The highest BCUT2D eigenvalue weighted by Gasteiger charge is 2.46. The molecule has 5 heterocycles. The van der Waals surface area contributed by atoms with Crippen LogP contribution in [0.25, 0.3) is 22.8 Å². The second-order valence-corrected chi connectivity index (χ2v) is 15.9. The molecule has 4 fully saturated rings. The number of hydrogen-bond acceptors (Lipinski definition) is 12. The average Bonchev–Trinajstić information content (AvgIpc) is 4.19. The maximum Gasteiger partial charge on any atom is 0.418 e. The molecule has 4 aromatic carbocycles. The molecule has 0 spiro atoms. The number of anilines is 2. The summed E-state index contributed by atoms with van der Waals surface area (Å²) in [6, 6.07) is 29.2. The van der Waals surface area contributed by atoms with Crippen molar-refractivity contribution in [1.82, 2.24) is 24.6 Å². The largest absolute Gasteiger partial charge is 0.436 e. The molecule has 5 aromatic rings. The summed E-state index contributed by atoms with van der Waals surface area (Å²) in [5.74, 6) is -2.39. The minimum absolute atomic E-state index is 0.294. The van der Waals surface area contributed by atoms with E-state index in [1.165, 1.54) is 9.80 Å². The molecule has 18 nitrogen and oxygen atoms in total. The van der Waals surface area contributed by atoms with E-state index in [-0.39, 0.29) is 0 Å². The van der Waals surface area contributed by atoms with Crippen LogP contribution >= 0.6 is 0 Å². The van der Waals surface area contributed by atoms with Gasteiger partial charge in [-0.1, -0.05) is 60.7 Å². The van der Waals surface area contributed by atoms with E-state index < -0.39 is 85.0 Å². The first-order chi connectivity index (χ1) is 31.5. The smallest absolute Gasteiger partial charge is 0.418 e. The van der Waals surface area contributed by atoms with E-state index >= 15 is 0 Å². The molecule has 9 rings (SSSR count). The number of cyclic esters (lactones) is 2. The Kier molecular flexibility index (Phi) is 11.6. The van der Waals surface area contributed by atoms with Crippen molar-refractivity contribution in [3.05, 3.63) is 127 Å². The van der Waals surface area contributed by atoms with Gasteiger partial charge in [0.05, 0.1) is 6.20 Å². The number of aromatic nitrogens is 1. The summed E-state index contributed by atoms with van der Waals surface area (Å²) in [7, 11) is 0. The topological polar surface area (TPSA) is 218 Å². The lowest BCUT2D eigenvalue weighted by Gasteiger charge is -2.25. The summed E-state index contributed by atoms with van der Waals surface area (Å²) in [5, 5.41) is 5.71. The third-order valence-corrected chi connectivity index (χ3v) is 11.7. The third-order valence-electron chi connectivity index (χ3n) is 11.7. The molecule has 18 heteroatoms. The van der Waals surface area contributed by atoms with E-state index in [1.54, 1.807) is 115 Å². The van der Waals surface area contributed by atoms with Gasteiger partial charge in [0.1, 0.15) is 25.2 Å². The van der Waals surface area contributed by atoms with Gasteiger partial charge in [0, 0.05) is 46.7 Å². The first-order valence-corrected chi connectivity index (χ1v) is 21.0. The van der Waals surface area contributed by atoms with E-state index in [1.807, 2.05) is 0 Å². The molecule has 330 valence electrons. The van der Waals surface area contributed by atoms with Crippen LogP contribution in [-0.4, -0.2) is 110 Å². The van der Waals surface area contributed by atoms with Crippen LogP contribution in [0.5, 0.6) is 0 Å². The molecular weight excluding hydrogens is 839 g/mol. The van der Waals surface area contributed by atoms with Crippen molar-refractivity contribution in [2.45, 2.75) is 50.0 Å². The van der Waals surface area contributed by atoms with Crippen LogP contribution in [0.1, 0.15) is 49.0 Å². The van der Waals surface area contributed by atoms with Gasteiger partial charge in [-0.2, -0.15) is 0 Å². The lowest BCUT2D eigenvalue weighted by atomic mass is 10.1. The van der Waals surface area contributed by atoms with Crippen molar-refractivity contribution in [1.29, 1.82) is 0 Å².